The molecule has 2 rings (SSSR count). The number of likely N-dealkylation sites (N-methyl/N-ethyl adjacent to an activating group) is 1. The zero-order valence-electron chi connectivity index (χ0n) is 12.9. The van der Waals surface area contributed by atoms with Crippen LogP contribution in [0.1, 0.15) is 63.3 Å². The molecule has 3 nitrogen and oxygen atoms in total. The standard InChI is InChI=1S/C16H27N3S/c1-3-4-5-6-7-8-11-15-16(18-20-17-15)14-10-9-12-19(2)13-14/h10H,3-9,11-13H2,1-2H3. The summed E-state index contributed by atoms with van der Waals surface area (Å²) in [6.07, 6.45) is 12.6. The molecule has 0 unspecified atom stereocenters. The van der Waals surface area contributed by atoms with Crippen LogP contribution >= 0.6 is 11.7 Å². The van der Waals surface area contributed by atoms with Gasteiger partial charge in [-0.15, -0.1) is 0 Å². The van der Waals surface area contributed by atoms with Crippen LogP contribution in [0.4, 0.5) is 0 Å². The van der Waals surface area contributed by atoms with Gasteiger partial charge in [0.15, 0.2) is 0 Å². The highest BCUT2D eigenvalue weighted by Crippen LogP contribution is 2.23. The Hall–Kier alpha value is -0.740. The molecule has 0 saturated carbocycles. The molecule has 1 aromatic rings. The predicted octanol–water partition coefficient (Wildman–Crippen LogP) is 4.16. The zero-order chi connectivity index (χ0) is 14.2. The van der Waals surface area contributed by atoms with Crippen molar-refractivity contribution in [2.75, 3.05) is 20.1 Å². The van der Waals surface area contributed by atoms with Crippen molar-refractivity contribution >= 4 is 17.3 Å². The van der Waals surface area contributed by atoms with E-state index in [1.54, 1.807) is 0 Å². The maximum Gasteiger partial charge on any atom is 0.104 e. The molecule has 0 radical (unpaired) electrons. The number of aryl methyl sites for hydroxylation is 1. The lowest BCUT2D eigenvalue weighted by molar-refractivity contribution is 0.372. The molecule has 0 aliphatic carbocycles. The SMILES string of the molecule is CCCCCCCCc1nsnc1C1=CCCN(C)C1. The third-order valence-corrected chi connectivity index (χ3v) is 4.54. The minimum atomic E-state index is 1.02. The van der Waals surface area contributed by atoms with Crippen LogP contribution in [0, 0.1) is 0 Å². The first kappa shape index (κ1) is 15.6. The van der Waals surface area contributed by atoms with E-state index >= 15 is 0 Å². The van der Waals surface area contributed by atoms with Crippen molar-refractivity contribution in [1.82, 2.24) is 13.6 Å². The van der Waals surface area contributed by atoms with Gasteiger partial charge in [-0.1, -0.05) is 45.1 Å². The van der Waals surface area contributed by atoms with E-state index < -0.39 is 0 Å². The van der Waals surface area contributed by atoms with Crippen molar-refractivity contribution in [3.63, 3.8) is 0 Å². The smallest absolute Gasteiger partial charge is 0.104 e. The molecule has 0 atom stereocenters. The Bertz CT molecular complexity index is 425. The first-order chi connectivity index (χ1) is 9.81. The lowest BCUT2D eigenvalue weighted by Gasteiger charge is -2.22. The van der Waals surface area contributed by atoms with Gasteiger partial charge in [-0.2, -0.15) is 8.75 Å². The van der Waals surface area contributed by atoms with Crippen LogP contribution in [-0.4, -0.2) is 33.8 Å². The fourth-order valence-electron chi connectivity index (χ4n) is 2.75. The fourth-order valence-corrected chi connectivity index (χ4v) is 3.37. The Morgan fingerprint density at radius 2 is 1.95 bits per heavy atom. The summed E-state index contributed by atoms with van der Waals surface area (Å²) in [5.41, 5.74) is 3.79. The van der Waals surface area contributed by atoms with E-state index in [0.29, 0.717) is 0 Å². The summed E-state index contributed by atoms with van der Waals surface area (Å²) in [5, 5.41) is 0. The molecular formula is C16H27N3S. The van der Waals surface area contributed by atoms with E-state index in [0.717, 1.165) is 25.9 Å². The summed E-state index contributed by atoms with van der Waals surface area (Å²) in [6.45, 7) is 4.45. The molecule has 0 fully saturated rings. The van der Waals surface area contributed by atoms with E-state index in [4.69, 9.17) is 0 Å². The van der Waals surface area contributed by atoms with Crippen LogP contribution in [0.3, 0.4) is 0 Å². The van der Waals surface area contributed by atoms with Gasteiger partial charge in [-0.25, -0.2) is 0 Å². The van der Waals surface area contributed by atoms with Crippen LogP contribution in [0.2, 0.25) is 0 Å². The number of aromatic nitrogens is 2. The van der Waals surface area contributed by atoms with Crippen molar-refractivity contribution in [2.24, 2.45) is 0 Å². The van der Waals surface area contributed by atoms with Gasteiger partial charge in [0.2, 0.25) is 0 Å². The summed E-state index contributed by atoms with van der Waals surface area (Å²) < 4.78 is 9.06. The first-order valence-corrected chi connectivity index (χ1v) is 8.73. The second-order valence-electron chi connectivity index (χ2n) is 5.83. The average Bonchev–Trinajstić information content (AvgIpc) is 2.91. The average molecular weight is 293 g/mol. The molecule has 2 heterocycles. The molecule has 4 heteroatoms. The monoisotopic (exact) mass is 293 g/mol. The molecule has 1 aliphatic rings. The molecule has 1 aromatic heterocycles. The number of rotatable bonds is 8. The van der Waals surface area contributed by atoms with Gasteiger partial charge in [0.25, 0.3) is 0 Å². The van der Waals surface area contributed by atoms with Crippen LogP contribution in [0.25, 0.3) is 5.57 Å². The van der Waals surface area contributed by atoms with Crippen LogP contribution in [0.5, 0.6) is 0 Å². The molecule has 0 bridgehead atoms. The molecule has 20 heavy (non-hydrogen) atoms. The maximum absolute atomic E-state index is 4.54. The largest absolute Gasteiger partial charge is 0.302 e. The highest BCUT2D eigenvalue weighted by atomic mass is 32.1. The maximum atomic E-state index is 4.54. The molecule has 0 N–H and O–H groups in total. The molecule has 0 aromatic carbocycles. The molecule has 112 valence electrons. The van der Waals surface area contributed by atoms with Gasteiger partial charge < -0.3 is 4.90 Å². The van der Waals surface area contributed by atoms with Crippen molar-refractivity contribution in [1.29, 1.82) is 0 Å². The third kappa shape index (κ3) is 4.67. The highest BCUT2D eigenvalue weighted by Gasteiger charge is 2.16. The van der Waals surface area contributed by atoms with E-state index in [1.807, 2.05) is 0 Å². The summed E-state index contributed by atoms with van der Waals surface area (Å²) >= 11 is 1.37. The molecule has 0 spiro atoms. The van der Waals surface area contributed by atoms with Gasteiger partial charge in [0, 0.05) is 13.1 Å². The van der Waals surface area contributed by atoms with E-state index in [2.05, 4.69) is 33.7 Å². The lowest BCUT2D eigenvalue weighted by Crippen LogP contribution is -2.25. The quantitative estimate of drug-likeness (QED) is 0.674. The topological polar surface area (TPSA) is 29.0 Å². The van der Waals surface area contributed by atoms with E-state index in [1.165, 1.54) is 67.2 Å². The van der Waals surface area contributed by atoms with Gasteiger partial charge in [-0.05, 0) is 31.9 Å². The van der Waals surface area contributed by atoms with Gasteiger partial charge in [-0.3, -0.25) is 0 Å². The number of hydrogen-bond donors (Lipinski definition) is 0. The lowest BCUT2D eigenvalue weighted by atomic mass is 10.0. The Kier molecular flexibility index (Phi) is 6.67. The second-order valence-corrected chi connectivity index (χ2v) is 6.36. The number of unbranched alkanes of at least 4 members (excludes halogenated alkanes) is 5. The number of nitrogens with zero attached hydrogens (tertiary/aromatic N) is 3. The Morgan fingerprint density at radius 1 is 1.15 bits per heavy atom. The summed E-state index contributed by atoms with van der Waals surface area (Å²) in [6, 6.07) is 0. The molecule has 0 saturated heterocycles. The highest BCUT2D eigenvalue weighted by molar-refractivity contribution is 6.99. The van der Waals surface area contributed by atoms with Crippen molar-refractivity contribution in [2.45, 2.75) is 58.3 Å². The Labute approximate surface area is 127 Å². The Balaban J connectivity index is 1.81. The van der Waals surface area contributed by atoms with Gasteiger partial charge >= 0.3 is 0 Å². The van der Waals surface area contributed by atoms with Crippen LogP contribution in [-0.2, 0) is 6.42 Å². The third-order valence-electron chi connectivity index (χ3n) is 3.97. The predicted molar refractivity (Wildman–Crippen MR) is 87.1 cm³/mol. The fraction of sp³-hybridized carbons (Fsp3) is 0.750. The Morgan fingerprint density at radius 3 is 2.75 bits per heavy atom. The molecule has 0 amide bonds. The van der Waals surface area contributed by atoms with E-state index in [-0.39, 0.29) is 0 Å². The summed E-state index contributed by atoms with van der Waals surface area (Å²) in [7, 11) is 2.18. The molecule has 1 aliphatic heterocycles. The minimum absolute atomic E-state index is 1.02. The molecular weight excluding hydrogens is 266 g/mol. The first-order valence-electron chi connectivity index (χ1n) is 8.00. The van der Waals surface area contributed by atoms with Crippen molar-refractivity contribution < 1.29 is 0 Å². The summed E-state index contributed by atoms with van der Waals surface area (Å²) in [4.78, 5) is 2.36. The van der Waals surface area contributed by atoms with E-state index in [9.17, 15) is 0 Å². The zero-order valence-corrected chi connectivity index (χ0v) is 13.7. The second kappa shape index (κ2) is 8.53. The van der Waals surface area contributed by atoms with Crippen molar-refractivity contribution in [3.8, 4) is 0 Å². The van der Waals surface area contributed by atoms with Crippen molar-refractivity contribution in [3.05, 3.63) is 17.5 Å². The van der Waals surface area contributed by atoms with Gasteiger partial charge in [0.05, 0.1) is 17.4 Å². The number of hydrogen-bond acceptors (Lipinski definition) is 4. The van der Waals surface area contributed by atoms with Crippen LogP contribution < -0.4 is 0 Å². The van der Waals surface area contributed by atoms with Crippen LogP contribution in [0.15, 0.2) is 6.08 Å². The normalized spacial score (nSPS) is 16.4. The minimum Gasteiger partial charge on any atom is -0.302 e. The van der Waals surface area contributed by atoms with Gasteiger partial charge in [0.1, 0.15) is 5.69 Å². The summed E-state index contributed by atoms with van der Waals surface area (Å²) in [5.74, 6) is 0.